The van der Waals surface area contributed by atoms with Crippen molar-refractivity contribution in [2.75, 3.05) is 26.0 Å². The average Bonchev–Trinajstić information content (AvgIpc) is 2.61. The van der Waals surface area contributed by atoms with Crippen LogP contribution in [-0.2, 0) is 14.9 Å². The van der Waals surface area contributed by atoms with Crippen LogP contribution in [0.5, 0.6) is 5.75 Å². The summed E-state index contributed by atoms with van der Waals surface area (Å²) in [6, 6.07) is 12.1. The summed E-state index contributed by atoms with van der Waals surface area (Å²) in [4.78, 5) is 16.8. The van der Waals surface area contributed by atoms with Crippen LogP contribution in [0.2, 0.25) is 0 Å². The van der Waals surface area contributed by atoms with Crippen molar-refractivity contribution < 1.29 is 22.8 Å². The van der Waals surface area contributed by atoms with Crippen molar-refractivity contribution in [2.24, 2.45) is 0 Å². The average molecular weight is 350 g/mol. The highest BCUT2D eigenvalue weighted by molar-refractivity contribution is 7.92. The summed E-state index contributed by atoms with van der Waals surface area (Å²) in [6.45, 7) is 0. The third-order valence-corrected chi connectivity index (χ3v) is 4.71. The van der Waals surface area contributed by atoms with Crippen molar-refractivity contribution in [3.8, 4) is 5.75 Å². The molecular weight excluding hydrogens is 332 g/mol. The number of benzene rings is 2. The molecule has 0 saturated carbocycles. The summed E-state index contributed by atoms with van der Waals surface area (Å²) in [5.41, 5.74) is 0.734. The SMILES string of the molecule is COc1ccc(NS(=O)(=O)c2ccc(C(=O)N(C)OC)cc2)cc1. The summed E-state index contributed by atoms with van der Waals surface area (Å²) in [7, 11) is 0.624. The fourth-order valence-electron chi connectivity index (χ4n) is 1.91. The number of nitrogens with one attached hydrogen (secondary N) is 1. The van der Waals surface area contributed by atoms with Gasteiger partial charge in [-0.1, -0.05) is 0 Å². The molecule has 0 spiro atoms. The molecule has 1 amide bonds. The highest BCUT2D eigenvalue weighted by Crippen LogP contribution is 2.19. The lowest BCUT2D eigenvalue weighted by molar-refractivity contribution is -0.0757. The Labute approximate surface area is 140 Å². The summed E-state index contributed by atoms with van der Waals surface area (Å²) in [5.74, 6) is 0.257. The molecule has 0 atom stereocenters. The minimum absolute atomic E-state index is 0.0509. The first-order valence-corrected chi connectivity index (χ1v) is 8.45. The number of hydrogen-bond acceptors (Lipinski definition) is 5. The summed E-state index contributed by atoms with van der Waals surface area (Å²) in [5, 5.41) is 1.05. The predicted molar refractivity (Wildman–Crippen MR) is 89.3 cm³/mol. The van der Waals surface area contributed by atoms with E-state index in [1.54, 1.807) is 24.3 Å². The number of hydrogen-bond donors (Lipinski definition) is 1. The normalized spacial score (nSPS) is 11.0. The van der Waals surface area contributed by atoms with Crippen molar-refractivity contribution in [1.29, 1.82) is 0 Å². The minimum Gasteiger partial charge on any atom is -0.497 e. The standard InChI is InChI=1S/C16H18N2O5S/c1-18(23-3)16(19)12-4-10-15(11-5-12)24(20,21)17-13-6-8-14(22-2)9-7-13/h4-11,17H,1-3H3. The maximum absolute atomic E-state index is 12.4. The van der Waals surface area contributed by atoms with Gasteiger partial charge in [-0.2, -0.15) is 0 Å². The van der Waals surface area contributed by atoms with Gasteiger partial charge in [-0.05, 0) is 48.5 Å². The molecule has 0 saturated heterocycles. The smallest absolute Gasteiger partial charge is 0.277 e. The van der Waals surface area contributed by atoms with Crippen LogP contribution in [0, 0.1) is 0 Å². The summed E-state index contributed by atoms with van der Waals surface area (Å²) >= 11 is 0. The van der Waals surface area contributed by atoms with Crippen LogP contribution in [0.25, 0.3) is 0 Å². The molecular formula is C16H18N2O5S. The van der Waals surface area contributed by atoms with Gasteiger partial charge in [0.25, 0.3) is 15.9 Å². The lowest BCUT2D eigenvalue weighted by Crippen LogP contribution is -2.25. The summed E-state index contributed by atoms with van der Waals surface area (Å²) < 4.78 is 32.2. The van der Waals surface area contributed by atoms with Crippen molar-refractivity contribution in [3.05, 3.63) is 54.1 Å². The van der Waals surface area contributed by atoms with Gasteiger partial charge in [-0.3, -0.25) is 14.4 Å². The molecule has 0 radical (unpaired) electrons. The van der Waals surface area contributed by atoms with E-state index in [4.69, 9.17) is 9.57 Å². The monoisotopic (exact) mass is 350 g/mol. The topological polar surface area (TPSA) is 84.9 Å². The number of carbonyl (C=O) groups excluding carboxylic acids is 1. The van der Waals surface area contributed by atoms with E-state index in [9.17, 15) is 13.2 Å². The molecule has 0 fully saturated rings. The second kappa shape index (κ2) is 7.33. The van der Waals surface area contributed by atoms with E-state index in [1.807, 2.05) is 0 Å². The van der Waals surface area contributed by atoms with Gasteiger partial charge in [-0.15, -0.1) is 0 Å². The molecule has 2 aromatic rings. The lowest BCUT2D eigenvalue weighted by Gasteiger charge is -2.14. The largest absolute Gasteiger partial charge is 0.497 e. The first kappa shape index (κ1) is 17.8. The fourth-order valence-corrected chi connectivity index (χ4v) is 2.97. The zero-order chi connectivity index (χ0) is 17.7. The molecule has 0 unspecified atom stereocenters. The number of nitrogens with zero attached hydrogens (tertiary/aromatic N) is 1. The quantitative estimate of drug-likeness (QED) is 0.807. The zero-order valence-corrected chi connectivity index (χ0v) is 14.3. The maximum atomic E-state index is 12.4. The number of ether oxygens (including phenoxy) is 1. The second-order valence-electron chi connectivity index (χ2n) is 4.84. The van der Waals surface area contributed by atoms with Gasteiger partial charge >= 0.3 is 0 Å². The van der Waals surface area contributed by atoms with Crippen molar-refractivity contribution in [1.82, 2.24) is 5.06 Å². The Kier molecular flexibility index (Phi) is 5.42. The van der Waals surface area contributed by atoms with Crippen LogP contribution >= 0.6 is 0 Å². The molecule has 0 aromatic heterocycles. The van der Waals surface area contributed by atoms with E-state index >= 15 is 0 Å². The van der Waals surface area contributed by atoms with E-state index in [2.05, 4.69) is 4.72 Å². The Morgan fingerprint density at radius 3 is 2.08 bits per heavy atom. The Morgan fingerprint density at radius 2 is 1.58 bits per heavy atom. The van der Waals surface area contributed by atoms with Crippen molar-refractivity contribution >= 4 is 21.6 Å². The van der Waals surface area contributed by atoms with Crippen molar-refractivity contribution in [3.63, 3.8) is 0 Å². The molecule has 128 valence electrons. The summed E-state index contributed by atoms with van der Waals surface area (Å²) in [6.07, 6.45) is 0. The third kappa shape index (κ3) is 4.03. The minimum atomic E-state index is -3.75. The van der Waals surface area contributed by atoms with E-state index in [0.717, 1.165) is 5.06 Å². The molecule has 2 rings (SSSR count). The molecule has 0 bridgehead atoms. The van der Waals surface area contributed by atoms with Gasteiger partial charge in [-0.25, -0.2) is 13.5 Å². The number of methoxy groups -OCH3 is 1. The van der Waals surface area contributed by atoms with E-state index in [0.29, 0.717) is 17.0 Å². The lowest BCUT2D eigenvalue weighted by atomic mass is 10.2. The van der Waals surface area contributed by atoms with Crippen LogP contribution in [0.1, 0.15) is 10.4 Å². The van der Waals surface area contributed by atoms with Gasteiger partial charge < -0.3 is 4.74 Å². The highest BCUT2D eigenvalue weighted by atomic mass is 32.2. The number of hydroxylamine groups is 2. The van der Waals surface area contributed by atoms with E-state index in [1.165, 1.54) is 45.5 Å². The Balaban J connectivity index is 2.18. The van der Waals surface area contributed by atoms with Gasteiger partial charge in [0, 0.05) is 18.3 Å². The Hall–Kier alpha value is -2.58. The van der Waals surface area contributed by atoms with Crippen LogP contribution in [0.4, 0.5) is 5.69 Å². The Bertz CT molecular complexity index is 801. The van der Waals surface area contributed by atoms with Gasteiger partial charge in [0.15, 0.2) is 0 Å². The third-order valence-electron chi connectivity index (χ3n) is 3.31. The molecule has 24 heavy (non-hydrogen) atoms. The first-order chi connectivity index (χ1) is 11.4. The molecule has 7 nitrogen and oxygen atoms in total. The Morgan fingerprint density at radius 1 is 1.00 bits per heavy atom. The first-order valence-electron chi connectivity index (χ1n) is 6.96. The predicted octanol–water partition coefficient (Wildman–Crippen LogP) is 2.13. The maximum Gasteiger partial charge on any atom is 0.277 e. The van der Waals surface area contributed by atoms with E-state index < -0.39 is 10.0 Å². The van der Waals surface area contributed by atoms with Crippen molar-refractivity contribution in [2.45, 2.75) is 4.90 Å². The van der Waals surface area contributed by atoms with Gasteiger partial charge in [0.2, 0.25) is 0 Å². The van der Waals surface area contributed by atoms with Crippen LogP contribution in [0.15, 0.2) is 53.4 Å². The second-order valence-corrected chi connectivity index (χ2v) is 6.53. The number of sulfonamides is 1. The number of anilines is 1. The molecule has 8 heteroatoms. The van der Waals surface area contributed by atoms with Gasteiger partial charge in [0.1, 0.15) is 5.75 Å². The van der Waals surface area contributed by atoms with Crippen LogP contribution < -0.4 is 9.46 Å². The molecule has 1 N–H and O–H groups in total. The zero-order valence-electron chi connectivity index (χ0n) is 13.5. The van der Waals surface area contributed by atoms with E-state index in [-0.39, 0.29) is 10.8 Å². The molecule has 0 aliphatic carbocycles. The number of rotatable bonds is 6. The molecule has 0 aliphatic heterocycles. The van der Waals surface area contributed by atoms with Crippen LogP contribution in [0.3, 0.4) is 0 Å². The number of amides is 1. The fraction of sp³-hybridized carbons (Fsp3) is 0.188. The molecule has 0 aliphatic rings. The number of carbonyl (C=O) groups is 1. The van der Waals surface area contributed by atoms with Crippen LogP contribution in [-0.4, -0.2) is 40.7 Å². The van der Waals surface area contributed by atoms with Gasteiger partial charge in [0.05, 0.1) is 19.1 Å². The molecule has 2 aromatic carbocycles. The highest BCUT2D eigenvalue weighted by Gasteiger charge is 2.16. The molecule has 0 heterocycles.